The fraction of sp³-hybridized carbons (Fsp3) is 0.545. The van der Waals surface area contributed by atoms with Crippen LogP contribution in [0.25, 0.3) is 0 Å². The first-order valence-electron chi connectivity index (χ1n) is 5.55. The quantitative estimate of drug-likeness (QED) is 0.466. The summed E-state index contributed by atoms with van der Waals surface area (Å²) in [6, 6.07) is 3.88. The Morgan fingerprint density at radius 3 is 2.94 bits per heavy atom. The van der Waals surface area contributed by atoms with Crippen molar-refractivity contribution in [2.24, 2.45) is 5.84 Å². The molecule has 0 aliphatic heterocycles. The molecule has 90 valence electrons. The van der Waals surface area contributed by atoms with Crippen molar-refractivity contribution in [2.45, 2.75) is 19.9 Å². The van der Waals surface area contributed by atoms with Crippen molar-refractivity contribution in [2.75, 3.05) is 25.1 Å². The number of nitrogens with zero attached hydrogens (tertiary/aromatic N) is 2. The summed E-state index contributed by atoms with van der Waals surface area (Å²) in [5.74, 6) is 6.09. The molecule has 1 aromatic heterocycles. The molecule has 16 heavy (non-hydrogen) atoms. The number of aliphatic hydroxyl groups is 1. The van der Waals surface area contributed by atoms with E-state index in [0.717, 1.165) is 25.1 Å². The van der Waals surface area contributed by atoms with Gasteiger partial charge in [0.15, 0.2) is 0 Å². The maximum absolute atomic E-state index is 8.97. The third-order valence-electron chi connectivity index (χ3n) is 2.38. The second-order valence-electron chi connectivity index (χ2n) is 3.66. The molecule has 0 aliphatic carbocycles. The second kappa shape index (κ2) is 7.16. The van der Waals surface area contributed by atoms with Crippen molar-refractivity contribution in [3.05, 3.63) is 23.9 Å². The maximum Gasteiger partial charge on any atom is 0.144 e. The van der Waals surface area contributed by atoms with E-state index >= 15 is 0 Å². The summed E-state index contributed by atoms with van der Waals surface area (Å²) in [5, 5.41) is 8.97. The summed E-state index contributed by atoms with van der Waals surface area (Å²) in [5.41, 5.74) is 3.63. The van der Waals surface area contributed by atoms with E-state index in [0.29, 0.717) is 12.4 Å². The Kier molecular flexibility index (Phi) is 5.77. The maximum atomic E-state index is 8.97. The van der Waals surface area contributed by atoms with E-state index in [1.807, 2.05) is 12.1 Å². The van der Waals surface area contributed by atoms with Crippen molar-refractivity contribution >= 4 is 5.82 Å². The van der Waals surface area contributed by atoms with Crippen LogP contribution in [0, 0.1) is 0 Å². The van der Waals surface area contributed by atoms with Crippen molar-refractivity contribution in [1.82, 2.24) is 9.88 Å². The van der Waals surface area contributed by atoms with E-state index in [9.17, 15) is 0 Å². The molecule has 5 nitrogen and oxygen atoms in total. The molecule has 0 saturated carbocycles. The van der Waals surface area contributed by atoms with Gasteiger partial charge in [0.2, 0.25) is 0 Å². The summed E-state index contributed by atoms with van der Waals surface area (Å²) < 4.78 is 0. The van der Waals surface area contributed by atoms with E-state index in [1.54, 1.807) is 6.20 Å². The number of aliphatic hydroxyl groups excluding tert-OH is 1. The standard InChI is InChI=1S/C11H20N4O/c1-2-6-15(7-8-16)9-10-4-3-5-13-11(10)14-12/h3-5,16H,2,6-9,12H2,1H3,(H,13,14). The number of aromatic nitrogens is 1. The smallest absolute Gasteiger partial charge is 0.144 e. The molecule has 0 bridgehead atoms. The molecule has 0 unspecified atom stereocenters. The predicted molar refractivity (Wildman–Crippen MR) is 64.7 cm³/mol. The molecule has 1 heterocycles. The molecule has 0 fully saturated rings. The fourth-order valence-electron chi connectivity index (χ4n) is 1.66. The van der Waals surface area contributed by atoms with Crippen molar-refractivity contribution in [1.29, 1.82) is 0 Å². The molecule has 0 atom stereocenters. The molecule has 0 spiro atoms. The Bertz CT molecular complexity index is 300. The molecule has 0 saturated heterocycles. The van der Waals surface area contributed by atoms with Crippen molar-refractivity contribution < 1.29 is 5.11 Å². The predicted octanol–water partition coefficient (Wildman–Crippen LogP) is 0.572. The molecule has 1 rings (SSSR count). The number of nitrogens with one attached hydrogen (secondary N) is 1. The van der Waals surface area contributed by atoms with Crippen LogP contribution in [0.4, 0.5) is 5.82 Å². The van der Waals surface area contributed by atoms with Crippen LogP contribution in [0.3, 0.4) is 0 Å². The molecular formula is C11H20N4O. The number of hydrogen-bond acceptors (Lipinski definition) is 5. The van der Waals surface area contributed by atoms with E-state index < -0.39 is 0 Å². The van der Waals surface area contributed by atoms with Gasteiger partial charge in [0.25, 0.3) is 0 Å². The first-order chi connectivity index (χ1) is 7.81. The largest absolute Gasteiger partial charge is 0.395 e. The molecule has 0 amide bonds. The molecule has 1 aromatic rings. The lowest BCUT2D eigenvalue weighted by molar-refractivity contribution is 0.190. The summed E-state index contributed by atoms with van der Waals surface area (Å²) in [7, 11) is 0. The summed E-state index contributed by atoms with van der Waals surface area (Å²) in [4.78, 5) is 6.32. The summed E-state index contributed by atoms with van der Waals surface area (Å²) >= 11 is 0. The van der Waals surface area contributed by atoms with Gasteiger partial charge in [-0.2, -0.15) is 0 Å². The van der Waals surface area contributed by atoms with Crippen LogP contribution in [-0.4, -0.2) is 34.7 Å². The number of hydrazine groups is 1. The molecule has 4 N–H and O–H groups in total. The van der Waals surface area contributed by atoms with Gasteiger partial charge in [-0.25, -0.2) is 10.8 Å². The second-order valence-corrected chi connectivity index (χ2v) is 3.66. The first kappa shape index (κ1) is 12.9. The van der Waals surface area contributed by atoms with Crippen LogP contribution < -0.4 is 11.3 Å². The Morgan fingerprint density at radius 2 is 2.31 bits per heavy atom. The minimum absolute atomic E-state index is 0.172. The van der Waals surface area contributed by atoms with Gasteiger partial charge < -0.3 is 10.5 Å². The molecule has 0 aliphatic rings. The van der Waals surface area contributed by atoms with Crippen LogP contribution in [0.5, 0.6) is 0 Å². The van der Waals surface area contributed by atoms with Gasteiger partial charge in [-0.05, 0) is 19.0 Å². The van der Waals surface area contributed by atoms with Gasteiger partial charge in [0, 0.05) is 24.8 Å². The van der Waals surface area contributed by atoms with Gasteiger partial charge >= 0.3 is 0 Å². The van der Waals surface area contributed by atoms with Gasteiger partial charge in [-0.1, -0.05) is 13.0 Å². The van der Waals surface area contributed by atoms with Crippen LogP contribution in [0.15, 0.2) is 18.3 Å². The number of pyridine rings is 1. The number of hydrogen-bond donors (Lipinski definition) is 3. The average molecular weight is 224 g/mol. The van der Waals surface area contributed by atoms with E-state index in [4.69, 9.17) is 10.9 Å². The third-order valence-corrected chi connectivity index (χ3v) is 2.38. The Balaban J connectivity index is 2.67. The number of rotatable bonds is 7. The zero-order valence-corrected chi connectivity index (χ0v) is 9.69. The fourth-order valence-corrected chi connectivity index (χ4v) is 1.66. The number of anilines is 1. The lowest BCUT2D eigenvalue weighted by Crippen LogP contribution is -2.28. The highest BCUT2D eigenvalue weighted by molar-refractivity contribution is 5.42. The Hall–Kier alpha value is -1.17. The highest BCUT2D eigenvalue weighted by atomic mass is 16.3. The summed E-state index contributed by atoms with van der Waals surface area (Å²) in [6.07, 6.45) is 2.76. The van der Waals surface area contributed by atoms with Crippen LogP contribution in [-0.2, 0) is 6.54 Å². The van der Waals surface area contributed by atoms with E-state index in [1.165, 1.54) is 0 Å². The average Bonchev–Trinajstić information content (AvgIpc) is 2.30. The highest BCUT2D eigenvalue weighted by Crippen LogP contribution is 2.12. The minimum Gasteiger partial charge on any atom is -0.395 e. The topological polar surface area (TPSA) is 74.4 Å². The summed E-state index contributed by atoms with van der Waals surface area (Å²) in [6.45, 7) is 4.68. The Labute approximate surface area is 96.3 Å². The monoisotopic (exact) mass is 224 g/mol. The molecular weight excluding hydrogens is 204 g/mol. The minimum atomic E-state index is 0.172. The SMILES string of the molecule is CCCN(CCO)Cc1cccnc1NN. The first-order valence-corrected chi connectivity index (χ1v) is 5.55. The van der Waals surface area contributed by atoms with Gasteiger partial charge in [0.1, 0.15) is 5.82 Å². The lowest BCUT2D eigenvalue weighted by atomic mass is 10.2. The van der Waals surface area contributed by atoms with Crippen LogP contribution in [0.1, 0.15) is 18.9 Å². The van der Waals surface area contributed by atoms with Crippen molar-refractivity contribution in [3.8, 4) is 0 Å². The third kappa shape index (κ3) is 3.77. The highest BCUT2D eigenvalue weighted by Gasteiger charge is 2.07. The zero-order valence-electron chi connectivity index (χ0n) is 9.69. The van der Waals surface area contributed by atoms with Crippen molar-refractivity contribution in [3.63, 3.8) is 0 Å². The molecule has 0 aromatic carbocycles. The normalized spacial score (nSPS) is 10.8. The van der Waals surface area contributed by atoms with Crippen LogP contribution in [0.2, 0.25) is 0 Å². The lowest BCUT2D eigenvalue weighted by Gasteiger charge is -2.21. The van der Waals surface area contributed by atoms with Gasteiger partial charge in [-0.3, -0.25) is 4.90 Å². The van der Waals surface area contributed by atoms with E-state index in [-0.39, 0.29) is 6.61 Å². The Morgan fingerprint density at radius 1 is 1.50 bits per heavy atom. The molecule has 5 heteroatoms. The number of nitrogens with two attached hydrogens (primary N) is 1. The number of nitrogen functional groups attached to an aromatic ring is 1. The zero-order chi connectivity index (χ0) is 11.8. The van der Waals surface area contributed by atoms with Crippen LogP contribution >= 0.6 is 0 Å². The van der Waals surface area contributed by atoms with Gasteiger partial charge in [0.05, 0.1) is 6.61 Å². The van der Waals surface area contributed by atoms with E-state index in [2.05, 4.69) is 22.2 Å². The molecule has 0 radical (unpaired) electrons. The van der Waals surface area contributed by atoms with Gasteiger partial charge in [-0.15, -0.1) is 0 Å².